The molecule has 5 rings (SSSR count). The maximum absolute atomic E-state index is 13.5. The van der Waals surface area contributed by atoms with E-state index in [-0.39, 0.29) is 11.7 Å². The van der Waals surface area contributed by atoms with Crippen LogP contribution in [0.4, 0.5) is 10.1 Å². The first-order valence-electron chi connectivity index (χ1n) is 11.2. The molecule has 1 aromatic heterocycles. The molecule has 2 aliphatic heterocycles. The van der Waals surface area contributed by atoms with Crippen LogP contribution >= 0.6 is 11.3 Å². The first kappa shape index (κ1) is 23.0. The number of amides is 1. The molecule has 0 radical (unpaired) electrons. The van der Waals surface area contributed by atoms with E-state index in [9.17, 15) is 17.6 Å². The number of thiophene rings is 1. The van der Waals surface area contributed by atoms with Gasteiger partial charge in [0.25, 0.3) is 5.91 Å². The molecule has 0 saturated carbocycles. The van der Waals surface area contributed by atoms with Gasteiger partial charge >= 0.3 is 0 Å². The highest BCUT2D eigenvalue weighted by Gasteiger charge is 2.28. The largest absolute Gasteiger partial charge is 0.336 e. The topological polar surface area (TPSA) is 60.9 Å². The molecule has 9 heteroatoms. The second kappa shape index (κ2) is 9.13. The third-order valence-corrected chi connectivity index (χ3v) is 8.69. The zero-order valence-corrected chi connectivity index (χ0v) is 20.5. The molecule has 2 aromatic carbocycles. The van der Waals surface area contributed by atoms with E-state index in [1.807, 2.05) is 23.1 Å². The highest BCUT2D eigenvalue weighted by Crippen LogP contribution is 2.32. The molecule has 0 atom stereocenters. The van der Waals surface area contributed by atoms with Gasteiger partial charge in [0.15, 0.2) is 0 Å². The van der Waals surface area contributed by atoms with Crippen LogP contribution in [0, 0.1) is 5.82 Å². The maximum Gasteiger partial charge on any atom is 0.253 e. The molecule has 0 spiro atoms. The molecule has 34 heavy (non-hydrogen) atoms. The summed E-state index contributed by atoms with van der Waals surface area (Å²) in [7, 11) is -3.30. The summed E-state index contributed by atoms with van der Waals surface area (Å²) in [6, 6.07) is 16.1. The monoisotopic (exact) mass is 499 g/mol. The van der Waals surface area contributed by atoms with Crippen molar-refractivity contribution in [2.45, 2.75) is 13.0 Å². The van der Waals surface area contributed by atoms with Gasteiger partial charge in [-0.2, -0.15) is 0 Å². The Morgan fingerprint density at radius 2 is 1.79 bits per heavy atom. The lowest BCUT2D eigenvalue weighted by molar-refractivity contribution is 0.0629. The van der Waals surface area contributed by atoms with Crippen molar-refractivity contribution in [3.05, 3.63) is 76.4 Å². The Bertz CT molecular complexity index is 1330. The van der Waals surface area contributed by atoms with Gasteiger partial charge in [-0.15, -0.1) is 11.3 Å². The minimum absolute atomic E-state index is 0.00947. The summed E-state index contributed by atoms with van der Waals surface area (Å²) in [6.07, 6.45) is 1.83. The summed E-state index contributed by atoms with van der Waals surface area (Å²) in [5.74, 6) is -0.242. The first-order valence-corrected chi connectivity index (χ1v) is 13.9. The van der Waals surface area contributed by atoms with E-state index in [1.54, 1.807) is 35.6 Å². The molecule has 0 aliphatic carbocycles. The second-order valence-electron chi connectivity index (χ2n) is 8.77. The average molecular weight is 500 g/mol. The van der Waals surface area contributed by atoms with Crippen molar-refractivity contribution in [3.63, 3.8) is 0 Å². The van der Waals surface area contributed by atoms with Gasteiger partial charge in [0, 0.05) is 54.6 Å². The smallest absolute Gasteiger partial charge is 0.253 e. The van der Waals surface area contributed by atoms with Crippen LogP contribution in [0.1, 0.15) is 20.8 Å². The van der Waals surface area contributed by atoms with Crippen LogP contribution in [0.5, 0.6) is 0 Å². The predicted octanol–water partition coefficient (Wildman–Crippen LogP) is 3.83. The van der Waals surface area contributed by atoms with Gasteiger partial charge in [-0.3, -0.25) is 14.0 Å². The predicted molar refractivity (Wildman–Crippen MR) is 133 cm³/mol. The molecule has 1 saturated heterocycles. The number of piperazine rings is 1. The van der Waals surface area contributed by atoms with Gasteiger partial charge in [-0.1, -0.05) is 12.1 Å². The molecule has 3 heterocycles. The molecule has 0 unspecified atom stereocenters. The summed E-state index contributed by atoms with van der Waals surface area (Å²) in [6.45, 7) is 4.09. The third-order valence-electron chi connectivity index (χ3n) is 6.39. The number of benzene rings is 2. The number of hydrogen-bond acceptors (Lipinski definition) is 5. The Morgan fingerprint density at radius 1 is 1.00 bits per heavy atom. The van der Waals surface area contributed by atoms with Crippen LogP contribution in [-0.2, 0) is 23.0 Å². The molecule has 0 bridgehead atoms. The zero-order valence-electron chi connectivity index (χ0n) is 18.9. The molecule has 0 N–H and O–H groups in total. The Hall–Kier alpha value is -2.75. The van der Waals surface area contributed by atoms with Crippen LogP contribution < -0.4 is 4.31 Å². The van der Waals surface area contributed by atoms with Gasteiger partial charge in [0.05, 0.1) is 11.9 Å². The van der Waals surface area contributed by atoms with Crippen molar-refractivity contribution in [1.82, 2.24) is 9.80 Å². The fourth-order valence-electron chi connectivity index (χ4n) is 4.62. The van der Waals surface area contributed by atoms with Crippen molar-refractivity contribution < 1.29 is 17.6 Å². The van der Waals surface area contributed by atoms with Crippen molar-refractivity contribution in [1.29, 1.82) is 0 Å². The molecule has 1 fully saturated rings. The van der Waals surface area contributed by atoms with Crippen molar-refractivity contribution in [2.75, 3.05) is 43.3 Å². The van der Waals surface area contributed by atoms with Crippen molar-refractivity contribution >= 4 is 33.0 Å². The first-order chi connectivity index (χ1) is 16.3. The highest BCUT2D eigenvalue weighted by atomic mass is 32.2. The maximum atomic E-state index is 13.5. The Morgan fingerprint density at radius 3 is 2.53 bits per heavy atom. The molecular weight excluding hydrogens is 473 g/mol. The number of rotatable bonds is 5. The SMILES string of the molecule is CS(=O)(=O)N1CCc2cc(C(=O)N3CCN(Cc4ccc(-c5cccc(F)c5)s4)CC3)ccc21. The summed E-state index contributed by atoms with van der Waals surface area (Å²) < 4.78 is 38.8. The lowest BCUT2D eigenvalue weighted by Crippen LogP contribution is -2.48. The summed E-state index contributed by atoms with van der Waals surface area (Å²) in [5.41, 5.74) is 3.08. The van der Waals surface area contributed by atoms with E-state index in [4.69, 9.17) is 0 Å². The highest BCUT2D eigenvalue weighted by molar-refractivity contribution is 7.92. The van der Waals surface area contributed by atoms with Gasteiger partial charge in [0.2, 0.25) is 10.0 Å². The number of sulfonamides is 1. The van der Waals surface area contributed by atoms with Gasteiger partial charge in [0.1, 0.15) is 5.82 Å². The summed E-state index contributed by atoms with van der Waals surface area (Å²) in [4.78, 5) is 19.5. The van der Waals surface area contributed by atoms with Crippen LogP contribution in [0.25, 0.3) is 10.4 Å². The number of halogens is 1. The molecule has 3 aromatic rings. The minimum atomic E-state index is -3.30. The normalized spacial score (nSPS) is 16.6. The summed E-state index contributed by atoms with van der Waals surface area (Å²) >= 11 is 1.67. The third kappa shape index (κ3) is 4.73. The van der Waals surface area contributed by atoms with Gasteiger partial charge < -0.3 is 4.90 Å². The van der Waals surface area contributed by atoms with E-state index >= 15 is 0 Å². The summed E-state index contributed by atoms with van der Waals surface area (Å²) in [5, 5.41) is 0. The number of carbonyl (C=O) groups excluding carboxylic acids is 1. The lowest BCUT2D eigenvalue weighted by atomic mass is 10.1. The molecule has 178 valence electrons. The fraction of sp³-hybridized carbons (Fsp3) is 0.320. The Kier molecular flexibility index (Phi) is 6.18. The van der Waals surface area contributed by atoms with E-state index < -0.39 is 10.0 Å². The van der Waals surface area contributed by atoms with Crippen molar-refractivity contribution in [2.24, 2.45) is 0 Å². The average Bonchev–Trinajstić information content (AvgIpc) is 3.46. The van der Waals surface area contributed by atoms with E-state index in [2.05, 4.69) is 11.0 Å². The quantitative estimate of drug-likeness (QED) is 0.535. The fourth-order valence-corrected chi connectivity index (χ4v) is 6.63. The number of nitrogens with zero attached hydrogens (tertiary/aromatic N) is 3. The van der Waals surface area contributed by atoms with Gasteiger partial charge in [-0.25, -0.2) is 12.8 Å². The van der Waals surface area contributed by atoms with Crippen LogP contribution in [0.3, 0.4) is 0 Å². The van der Waals surface area contributed by atoms with Crippen LogP contribution in [-0.4, -0.2) is 63.1 Å². The van der Waals surface area contributed by atoms with Gasteiger partial charge in [-0.05, 0) is 60.0 Å². The number of hydrogen-bond donors (Lipinski definition) is 0. The van der Waals surface area contributed by atoms with Crippen LogP contribution in [0.2, 0.25) is 0 Å². The number of anilines is 1. The molecule has 2 aliphatic rings. The van der Waals surface area contributed by atoms with E-state index in [1.165, 1.54) is 21.5 Å². The minimum Gasteiger partial charge on any atom is -0.336 e. The van der Waals surface area contributed by atoms with Crippen molar-refractivity contribution in [3.8, 4) is 10.4 Å². The lowest BCUT2D eigenvalue weighted by Gasteiger charge is -2.34. The molecule has 6 nitrogen and oxygen atoms in total. The Balaban J connectivity index is 1.19. The number of carbonyl (C=O) groups is 1. The van der Waals surface area contributed by atoms with Crippen LogP contribution in [0.15, 0.2) is 54.6 Å². The molecular formula is C25H26FN3O3S2. The standard InChI is InChI=1S/C25H26FN3O3S2/c1-34(31,32)29-10-9-18-15-20(5-7-23(18)29)25(30)28-13-11-27(12-14-28)17-22-6-8-24(33-22)19-3-2-4-21(26)16-19/h2-8,15-16H,9-14,17H2,1H3. The number of fused-ring (bicyclic) bond motifs is 1. The van der Waals surface area contributed by atoms with E-state index in [0.717, 1.165) is 35.6 Å². The second-order valence-corrected chi connectivity index (χ2v) is 11.8. The molecule has 1 amide bonds. The zero-order chi connectivity index (χ0) is 23.9. The van der Waals surface area contributed by atoms with E-state index in [0.29, 0.717) is 37.3 Å². The Labute approximate surface area is 203 Å².